The maximum Gasteiger partial charge on any atom is 0.254 e. The van der Waals surface area contributed by atoms with E-state index in [1.807, 2.05) is 40.9 Å². The van der Waals surface area contributed by atoms with Gasteiger partial charge in [-0.1, -0.05) is 20.8 Å². The lowest BCUT2D eigenvalue weighted by atomic mass is 9.92. The molecule has 1 heterocycles. The van der Waals surface area contributed by atoms with Crippen LogP contribution in [0.4, 0.5) is 0 Å². The van der Waals surface area contributed by atoms with Crippen LogP contribution in [0.15, 0.2) is 29.2 Å². The van der Waals surface area contributed by atoms with Crippen molar-refractivity contribution in [1.29, 1.82) is 0 Å². The number of benzene rings is 1. The monoisotopic (exact) mass is 306 g/mol. The van der Waals surface area contributed by atoms with E-state index in [2.05, 4.69) is 20.8 Å². The first-order valence-electron chi connectivity index (χ1n) is 7.79. The number of likely N-dealkylation sites (tertiary alicyclic amines) is 1. The summed E-state index contributed by atoms with van der Waals surface area (Å²) in [7, 11) is 0. The van der Waals surface area contributed by atoms with Crippen molar-refractivity contribution in [2.24, 2.45) is 11.7 Å². The normalized spacial score (nSPS) is 22.6. The second kappa shape index (κ2) is 7.32. The summed E-state index contributed by atoms with van der Waals surface area (Å²) in [6.45, 7) is 7.96. The summed E-state index contributed by atoms with van der Waals surface area (Å²) in [6, 6.07) is 8.16. The van der Waals surface area contributed by atoms with Gasteiger partial charge in [0.25, 0.3) is 5.91 Å². The molecule has 1 aromatic rings. The van der Waals surface area contributed by atoms with Crippen molar-refractivity contribution in [3.05, 3.63) is 29.8 Å². The number of nitrogens with zero attached hydrogens (tertiary/aromatic N) is 1. The number of nitrogens with two attached hydrogens (primary N) is 1. The van der Waals surface area contributed by atoms with E-state index in [4.69, 9.17) is 5.73 Å². The third-order valence-corrected chi connectivity index (χ3v) is 5.00. The predicted molar refractivity (Wildman–Crippen MR) is 89.7 cm³/mol. The molecule has 0 aliphatic carbocycles. The number of carbonyl (C=O) groups is 1. The molecule has 4 heteroatoms. The summed E-state index contributed by atoms with van der Waals surface area (Å²) in [5, 5.41) is 0.553. The molecule has 116 valence electrons. The molecule has 0 bridgehead atoms. The fourth-order valence-electron chi connectivity index (χ4n) is 2.86. The predicted octanol–water partition coefficient (Wildman–Crippen LogP) is 3.39. The van der Waals surface area contributed by atoms with Gasteiger partial charge in [-0.3, -0.25) is 4.79 Å². The molecular weight excluding hydrogens is 280 g/mol. The number of amides is 1. The molecule has 1 fully saturated rings. The summed E-state index contributed by atoms with van der Waals surface area (Å²) in [5.74, 6) is 0.783. The highest BCUT2D eigenvalue weighted by atomic mass is 32.2. The maximum absolute atomic E-state index is 12.7. The van der Waals surface area contributed by atoms with Gasteiger partial charge in [0, 0.05) is 34.8 Å². The van der Waals surface area contributed by atoms with E-state index < -0.39 is 0 Å². The topological polar surface area (TPSA) is 46.3 Å². The number of hydrogen-bond acceptors (Lipinski definition) is 3. The van der Waals surface area contributed by atoms with Gasteiger partial charge in [-0.2, -0.15) is 0 Å². The van der Waals surface area contributed by atoms with Crippen LogP contribution in [0.2, 0.25) is 0 Å². The second-order valence-electron chi connectivity index (χ2n) is 6.21. The van der Waals surface area contributed by atoms with Gasteiger partial charge in [-0.05, 0) is 43.0 Å². The van der Waals surface area contributed by atoms with Crippen molar-refractivity contribution in [2.45, 2.75) is 49.8 Å². The number of carbonyl (C=O) groups excluding carboxylic acids is 1. The summed E-state index contributed by atoms with van der Waals surface area (Å²) >= 11 is 1.81. The van der Waals surface area contributed by atoms with Gasteiger partial charge in [0.05, 0.1) is 0 Å². The molecule has 1 aromatic carbocycles. The Bertz CT molecular complexity index is 472. The van der Waals surface area contributed by atoms with Crippen LogP contribution in [-0.2, 0) is 0 Å². The molecule has 2 atom stereocenters. The van der Waals surface area contributed by atoms with Gasteiger partial charge >= 0.3 is 0 Å². The van der Waals surface area contributed by atoms with Gasteiger partial charge in [0.15, 0.2) is 0 Å². The van der Waals surface area contributed by atoms with E-state index in [9.17, 15) is 4.79 Å². The lowest BCUT2D eigenvalue weighted by Gasteiger charge is -2.38. The Morgan fingerprint density at radius 2 is 2.05 bits per heavy atom. The molecule has 0 aromatic heterocycles. The van der Waals surface area contributed by atoms with Crippen molar-refractivity contribution >= 4 is 17.7 Å². The highest BCUT2D eigenvalue weighted by molar-refractivity contribution is 7.99. The van der Waals surface area contributed by atoms with Gasteiger partial charge in [0.2, 0.25) is 0 Å². The second-order valence-corrected chi connectivity index (χ2v) is 7.86. The van der Waals surface area contributed by atoms with Crippen LogP contribution < -0.4 is 5.73 Å². The van der Waals surface area contributed by atoms with E-state index in [1.165, 1.54) is 4.90 Å². The largest absolute Gasteiger partial charge is 0.334 e. The van der Waals surface area contributed by atoms with Crippen LogP contribution in [0.5, 0.6) is 0 Å². The Morgan fingerprint density at radius 1 is 1.38 bits per heavy atom. The molecule has 0 radical (unpaired) electrons. The Balaban J connectivity index is 2.08. The fourth-order valence-corrected chi connectivity index (χ4v) is 3.69. The summed E-state index contributed by atoms with van der Waals surface area (Å²) in [5.41, 5.74) is 6.63. The highest BCUT2D eigenvalue weighted by Gasteiger charge is 2.29. The molecule has 0 saturated carbocycles. The fraction of sp³-hybridized carbons (Fsp3) is 0.588. The molecule has 3 nitrogen and oxygen atoms in total. The maximum atomic E-state index is 12.7. The molecule has 1 aliphatic heterocycles. The van der Waals surface area contributed by atoms with E-state index in [0.29, 0.717) is 17.7 Å². The minimum absolute atomic E-state index is 0.124. The van der Waals surface area contributed by atoms with E-state index >= 15 is 0 Å². The molecule has 0 spiro atoms. The van der Waals surface area contributed by atoms with Crippen molar-refractivity contribution < 1.29 is 4.79 Å². The van der Waals surface area contributed by atoms with Crippen molar-refractivity contribution in [1.82, 2.24) is 4.90 Å². The zero-order chi connectivity index (χ0) is 15.4. The first kappa shape index (κ1) is 16.4. The molecular formula is C17H26N2OS. The molecule has 2 rings (SSSR count). The average Bonchev–Trinajstić information content (AvgIpc) is 2.46. The van der Waals surface area contributed by atoms with Crippen LogP contribution in [0.25, 0.3) is 0 Å². The van der Waals surface area contributed by atoms with Crippen LogP contribution in [0.1, 0.15) is 44.0 Å². The smallest absolute Gasteiger partial charge is 0.254 e. The van der Waals surface area contributed by atoms with E-state index in [0.717, 1.165) is 24.9 Å². The van der Waals surface area contributed by atoms with Gasteiger partial charge in [-0.25, -0.2) is 0 Å². The van der Waals surface area contributed by atoms with Crippen molar-refractivity contribution in [3.63, 3.8) is 0 Å². The van der Waals surface area contributed by atoms with Crippen LogP contribution in [-0.4, -0.2) is 35.2 Å². The van der Waals surface area contributed by atoms with Crippen LogP contribution in [0, 0.1) is 5.92 Å². The lowest BCUT2D eigenvalue weighted by Crippen LogP contribution is -2.49. The standard InChI is InChI=1S/C17H26N2OS/c1-12(2)21-16-6-4-14(5-7-16)17(20)19-9-8-13(3)10-15(19)11-18/h4-7,12-13,15H,8-11,18H2,1-3H3. The number of rotatable bonds is 4. The number of thioether (sulfide) groups is 1. The van der Waals surface area contributed by atoms with Gasteiger partial charge < -0.3 is 10.6 Å². The molecule has 21 heavy (non-hydrogen) atoms. The van der Waals surface area contributed by atoms with Gasteiger partial charge in [0.1, 0.15) is 0 Å². The first-order chi connectivity index (χ1) is 10.0. The Kier molecular flexibility index (Phi) is 5.71. The summed E-state index contributed by atoms with van der Waals surface area (Å²) < 4.78 is 0. The van der Waals surface area contributed by atoms with Crippen molar-refractivity contribution in [3.8, 4) is 0 Å². The molecule has 2 N–H and O–H groups in total. The Labute approximate surface area is 132 Å². The molecule has 1 amide bonds. The Hall–Kier alpha value is -1.00. The minimum Gasteiger partial charge on any atom is -0.334 e. The highest BCUT2D eigenvalue weighted by Crippen LogP contribution is 2.26. The summed E-state index contributed by atoms with van der Waals surface area (Å²) in [6.07, 6.45) is 2.09. The van der Waals surface area contributed by atoms with Gasteiger partial charge in [-0.15, -0.1) is 11.8 Å². The third-order valence-electron chi connectivity index (χ3n) is 3.98. The van der Waals surface area contributed by atoms with Crippen LogP contribution in [0.3, 0.4) is 0 Å². The lowest BCUT2D eigenvalue weighted by molar-refractivity contribution is 0.0573. The van der Waals surface area contributed by atoms with E-state index in [1.54, 1.807) is 0 Å². The Morgan fingerprint density at radius 3 is 2.62 bits per heavy atom. The minimum atomic E-state index is 0.124. The third kappa shape index (κ3) is 4.24. The number of hydrogen-bond donors (Lipinski definition) is 1. The number of piperidine rings is 1. The molecule has 1 saturated heterocycles. The van der Waals surface area contributed by atoms with Crippen LogP contribution >= 0.6 is 11.8 Å². The summed E-state index contributed by atoms with van der Waals surface area (Å²) in [4.78, 5) is 15.8. The molecule has 1 aliphatic rings. The quantitative estimate of drug-likeness (QED) is 0.867. The SMILES string of the molecule is CC1CCN(C(=O)c2ccc(SC(C)C)cc2)C(CN)C1. The first-order valence-corrected chi connectivity index (χ1v) is 8.67. The van der Waals surface area contributed by atoms with E-state index in [-0.39, 0.29) is 11.9 Å². The zero-order valence-corrected chi connectivity index (χ0v) is 14.0. The molecule has 2 unspecified atom stereocenters. The zero-order valence-electron chi connectivity index (χ0n) is 13.2. The average molecular weight is 306 g/mol. The van der Waals surface area contributed by atoms with Crippen molar-refractivity contribution in [2.75, 3.05) is 13.1 Å².